The van der Waals surface area contributed by atoms with Gasteiger partial charge in [-0.15, -0.1) is 0 Å². The van der Waals surface area contributed by atoms with Crippen molar-refractivity contribution in [2.24, 2.45) is 4.99 Å². The molecule has 26 heavy (non-hydrogen) atoms. The van der Waals surface area contributed by atoms with Crippen LogP contribution in [0.3, 0.4) is 0 Å². The summed E-state index contributed by atoms with van der Waals surface area (Å²) in [5.41, 5.74) is 2.00. The van der Waals surface area contributed by atoms with E-state index in [0.29, 0.717) is 37.9 Å². The molecule has 2 N–H and O–H groups in total. The smallest absolute Gasteiger partial charge is 0.224 e. The first-order valence-corrected chi connectivity index (χ1v) is 8.65. The minimum atomic E-state index is 0.0794. The summed E-state index contributed by atoms with van der Waals surface area (Å²) in [5, 5.41) is 6.26. The predicted molar refractivity (Wildman–Crippen MR) is 102 cm³/mol. The molecule has 2 rings (SSSR count). The number of nitrogens with one attached hydrogen (secondary N) is 2. The van der Waals surface area contributed by atoms with Crippen molar-refractivity contribution in [3.8, 4) is 0 Å². The first-order valence-electron chi connectivity index (χ1n) is 8.65. The van der Waals surface area contributed by atoms with Crippen molar-refractivity contribution in [1.29, 1.82) is 0 Å². The number of aromatic nitrogens is 1. The lowest BCUT2D eigenvalue weighted by atomic mass is 10.2. The molecule has 1 amide bonds. The Morgan fingerprint density at radius 3 is 2.58 bits per heavy atom. The summed E-state index contributed by atoms with van der Waals surface area (Å²) in [7, 11) is 3.50. The number of aryl methyl sites for hydroxylation is 2. The van der Waals surface area contributed by atoms with Gasteiger partial charge in [-0.05, 0) is 19.4 Å². The molecule has 0 bridgehead atoms. The van der Waals surface area contributed by atoms with E-state index in [4.69, 9.17) is 4.42 Å². The van der Waals surface area contributed by atoms with E-state index in [1.807, 2.05) is 51.2 Å². The molecular weight excluding hydrogens is 330 g/mol. The Balaban J connectivity index is 1.71. The standard InChI is InChI=1S/C19H27N5O2/c1-14-15(2)26-17(23-14)12-22-19(20-3)21-11-10-18(25)24(4)13-16-8-6-5-7-9-16/h5-9H,10-13H2,1-4H3,(H2,20,21,22). The second-order valence-corrected chi connectivity index (χ2v) is 6.09. The number of carbonyl (C=O) groups excluding carboxylic acids is 1. The van der Waals surface area contributed by atoms with Crippen molar-refractivity contribution in [3.63, 3.8) is 0 Å². The number of nitrogens with zero attached hydrogens (tertiary/aromatic N) is 3. The zero-order valence-corrected chi connectivity index (χ0v) is 15.9. The first-order chi connectivity index (χ1) is 12.5. The van der Waals surface area contributed by atoms with Gasteiger partial charge in [0.05, 0.1) is 12.2 Å². The lowest BCUT2D eigenvalue weighted by molar-refractivity contribution is -0.130. The fourth-order valence-electron chi connectivity index (χ4n) is 2.42. The van der Waals surface area contributed by atoms with Gasteiger partial charge in [0.15, 0.2) is 5.96 Å². The van der Waals surface area contributed by atoms with Crippen molar-refractivity contribution < 1.29 is 9.21 Å². The molecule has 7 nitrogen and oxygen atoms in total. The normalized spacial score (nSPS) is 11.3. The quantitative estimate of drug-likeness (QED) is 0.585. The zero-order valence-electron chi connectivity index (χ0n) is 15.9. The van der Waals surface area contributed by atoms with E-state index in [1.165, 1.54) is 0 Å². The highest BCUT2D eigenvalue weighted by Crippen LogP contribution is 2.07. The molecule has 0 fully saturated rings. The van der Waals surface area contributed by atoms with Gasteiger partial charge in [-0.25, -0.2) is 4.98 Å². The van der Waals surface area contributed by atoms with Crippen LogP contribution in [-0.2, 0) is 17.9 Å². The Bertz CT molecular complexity index is 720. The van der Waals surface area contributed by atoms with Crippen LogP contribution in [0.5, 0.6) is 0 Å². The minimum Gasteiger partial charge on any atom is -0.444 e. The van der Waals surface area contributed by atoms with Crippen LogP contribution in [0, 0.1) is 13.8 Å². The largest absolute Gasteiger partial charge is 0.444 e. The van der Waals surface area contributed by atoms with Crippen molar-refractivity contribution in [1.82, 2.24) is 20.5 Å². The monoisotopic (exact) mass is 357 g/mol. The highest BCUT2D eigenvalue weighted by atomic mass is 16.4. The SMILES string of the molecule is CN=C(NCCC(=O)N(C)Cc1ccccc1)NCc1nc(C)c(C)o1. The third kappa shape index (κ3) is 5.91. The van der Waals surface area contributed by atoms with Gasteiger partial charge in [0.25, 0.3) is 0 Å². The Labute approximate surface area is 154 Å². The summed E-state index contributed by atoms with van der Waals surface area (Å²) in [4.78, 5) is 22.4. The molecule has 0 unspecified atom stereocenters. The van der Waals surface area contributed by atoms with E-state index >= 15 is 0 Å². The topological polar surface area (TPSA) is 82.8 Å². The Morgan fingerprint density at radius 1 is 1.23 bits per heavy atom. The molecule has 2 aromatic rings. The number of hydrogen-bond acceptors (Lipinski definition) is 4. The Hall–Kier alpha value is -2.83. The van der Waals surface area contributed by atoms with E-state index in [0.717, 1.165) is 17.0 Å². The zero-order chi connectivity index (χ0) is 18.9. The maximum atomic E-state index is 12.2. The average molecular weight is 357 g/mol. The molecule has 1 heterocycles. The minimum absolute atomic E-state index is 0.0794. The van der Waals surface area contributed by atoms with Gasteiger partial charge >= 0.3 is 0 Å². The molecule has 1 aromatic heterocycles. The van der Waals surface area contributed by atoms with Crippen molar-refractivity contribution in [2.75, 3.05) is 20.6 Å². The molecule has 0 radical (unpaired) electrons. The summed E-state index contributed by atoms with van der Waals surface area (Å²) >= 11 is 0. The predicted octanol–water partition coefficient (Wildman–Crippen LogP) is 2.01. The molecule has 140 valence electrons. The number of oxazole rings is 1. The molecule has 0 saturated heterocycles. The van der Waals surface area contributed by atoms with Crippen molar-refractivity contribution in [2.45, 2.75) is 33.4 Å². The van der Waals surface area contributed by atoms with Crippen LogP contribution in [0.15, 0.2) is 39.7 Å². The number of carbonyl (C=O) groups is 1. The van der Waals surface area contributed by atoms with Gasteiger partial charge in [-0.1, -0.05) is 30.3 Å². The third-order valence-corrected chi connectivity index (χ3v) is 4.02. The summed E-state index contributed by atoms with van der Waals surface area (Å²) in [6.45, 7) is 5.34. The number of hydrogen-bond donors (Lipinski definition) is 2. The highest BCUT2D eigenvalue weighted by Gasteiger charge is 2.10. The van der Waals surface area contributed by atoms with E-state index in [2.05, 4.69) is 20.6 Å². The van der Waals surface area contributed by atoms with E-state index < -0.39 is 0 Å². The second kappa shape index (κ2) is 9.60. The number of aliphatic imine (C=N–C) groups is 1. The van der Waals surface area contributed by atoms with Crippen LogP contribution in [0.2, 0.25) is 0 Å². The molecule has 1 aromatic carbocycles. The van der Waals surface area contributed by atoms with E-state index in [9.17, 15) is 4.79 Å². The summed E-state index contributed by atoms with van der Waals surface area (Å²) < 4.78 is 5.52. The van der Waals surface area contributed by atoms with Crippen molar-refractivity contribution >= 4 is 11.9 Å². The van der Waals surface area contributed by atoms with Crippen LogP contribution in [0.25, 0.3) is 0 Å². The maximum Gasteiger partial charge on any atom is 0.224 e. The molecule has 0 saturated carbocycles. The fraction of sp³-hybridized carbons (Fsp3) is 0.421. The first kappa shape index (κ1) is 19.5. The number of guanidine groups is 1. The second-order valence-electron chi connectivity index (χ2n) is 6.09. The summed E-state index contributed by atoms with van der Waals surface area (Å²) in [6.07, 6.45) is 0.390. The van der Waals surface area contributed by atoms with Gasteiger partial charge in [0, 0.05) is 33.6 Å². The van der Waals surface area contributed by atoms with Gasteiger partial charge < -0.3 is 20.0 Å². The maximum absolute atomic E-state index is 12.2. The Morgan fingerprint density at radius 2 is 1.96 bits per heavy atom. The van der Waals surface area contributed by atoms with Gasteiger partial charge in [-0.2, -0.15) is 0 Å². The molecule has 0 atom stereocenters. The molecule has 0 aliphatic heterocycles. The summed E-state index contributed by atoms with van der Waals surface area (Å²) in [6, 6.07) is 9.94. The van der Waals surface area contributed by atoms with Gasteiger partial charge in [0.2, 0.25) is 11.8 Å². The Kier molecular flexibility index (Phi) is 7.20. The third-order valence-electron chi connectivity index (χ3n) is 4.02. The highest BCUT2D eigenvalue weighted by molar-refractivity contribution is 5.81. The van der Waals surface area contributed by atoms with Gasteiger partial charge in [0.1, 0.15) is 5.76 Å². The molecule has 0 aliphatic carbocycles. The van der Waals surface area contributed by atoms with Crippen LogP contribution in [-0.4, -0.2) is 42.4 Å². The number of amides is 1. The van der Waals surface area contributed by atoms with Crippen LogP contribution < -0.4 is 10.6 Å². The summed E-state index contributed by atoms with van der Waals surface area (Å²) in [5.74, 6) is 2.12. The fourth-order valence-corrected chi connectivity index (χ4v) is 2.42. The lowest BCUT2D eigenvalue weighted by Gasteiger charge is -2.18. The van der Waals surface area contributed by atoms with Crippen molar-refractivity contribution in [3.05, 3.63) is 53.2 Å². The van der Waals surface area contributed by atoms with Gasteiger partial charge in [-0.3, -0.25) is 9.79 Å². The number of benzene rings is 1. The van der Waals surface area contributed by atoms with E-state index in [-0.39, 0.29) is 5.91 Å². The average Bonchev–Trinajstić information content (AvgIpc) is 2.96. The molecule has 0 aliphatic rings. The lowest BCUT2D eigenvalue weighted by Crippen LogP contribution is -2.39. The van der Waals surface area contributed by atoms with Crippen LogP contribution in [0.4, 0.5) is 0 Å². The number of rotatable bonds is 7. The molecule has 0 spiro atoms. The van der Waals surface area contributed by atoms with E-state index in [1.54, 1.807) is 11.9 Å². The molecular formula is C19H27N5O2. The van der Waals surface area contributed by atoms with Crippen LogP contribution in [0.1, 0.15) is 29.3 Å². The molecule has 7 heteroatoms. The van der Waals surface area contributed by atoms with Crippen LogP contribution >= 0.6 is 0 Å².